The van der Waals surface area contributed by atoms with Crippen LogP contribution in [0.3, 0.4) is 0 Å². The summed E-state index contributed by atoms with van der Waals surface area (Å²) in [6, 6.07) is 9.92. The van der Waals surface area contributed by atoms with Crippen molar-refractivity contribution in [3.8, 4) is 11.4 Å². The van der Waals surface area contributed by atoms with E-state index >= 15 is 0 Å². The molecule has 0 radical (unpaired) electrons. The molecule has 5 rings (SSSR count). The number of anilines is 1. The standard InChI is InChI=1S/C18H16ClN7/c1-11-23-24-17-10-25(6-7-26(11)17)16-8-12(13(19)9-20-16)18-21-14-4-2-3-5-15(14)22-18/h2-5,8-9H,6-7,10H2,1H3,(H,21,22). The van der Waals surface area contributed by atoms with Crippen LogP contribution < -0.4 is 4.90 Å². The highest BCUT2D eigenvalue weighted by Gasteiger charge is 2.22. The largest absolute Gasteiger partial charge is 0.347 e. The van der Waals surface area contributed by atoms with Gasteiger partial charge >= 0.3 is 0 Å². The van der Waals surface area contributed by atoms with Crippen LogP contribution in [0.15, 0.2) is 36.5 Å². The molecule has 0 spiro atoms. The number of hydrogen-bond donors (Lipinski definition) is 1. The van der Waals surface area contributed by atoms with Crippen LogP contribution >= 0.6 is 11.6 Å². The van der Waals surface area contributed by atoms with Crippen molar-refractivity contribution in [1.29, 1.82) is 0 Å². The molecule has 0 unspecified atom stereocenters. The van der Waals surface area contributed by atoms with Crippen LogP contribution in [-0.4, -0.2) is 36.3 Å². The lowest BCUT2D eigenvalue weighted by molar-refractivity contribution is 0.547. The normalized spacial score (nSPS) is 14.0. The van der Waals surface area contributed by atoms with Gasteiger partial charge in [-0.2, -0.15) is 0 Å². The molecule has 0 saturated carbocycles. The number of para-hydroxylation sites is 2. The zero-order valence-corrected chi connectivity index (χ0v) is 14.9. The number of aromatic nitrogens is 6. The Labute approximate surface area is 154 Å². The number of imidazole rings is 1. The third kappa shape index (κ3) is 2.43. The van der Waals surface area contributed by atoms with Gasteiger partial charge in [0.1, 0.15) is 17.5 Å². The molecule has 3 aromatic heterocycles. The predicted octanol–water partition coefficient (Wildman–Crippen LogP) is 3.20. The molecular weight excluding hydrogens is 350 g/mol. The van der Waals surface area contributed by atoms with Crippen LogP contribution in [0, 0.1) is 6.92 Å². The van der Waals surface area contributed by atoms with Gasteiger partial charge in [-0.1, -0.05) is 23.7 Å². The van der Waals surface area contributed by atoms with E-state index in [-0.39, 0.29) is 0 Å². The van der Waals surface area contributed by atoms with E-state index in [1.165, 1.54) is 0 Å². The van der Waals surface area contributed by atoms with Crippen molar-refractivity contribution < 1.29 is 0 Å². The number of benzene rings is 1. The number of pyridine rings is 1. The fraction of sp³-hybridized carbons (Fsp3) is 0.222. The molecule has 1 aliphatic rings. The van der Waals surface area contributed by atoms with E-state index in [1.807, 2.05) is 37.3 Å². The monoisotopic (exact) mass is 365 g/mol. The Morgan fingerprint density at radius 1 is 1.15 bits per heavy atom. The molecule has 1 N–H and O–H groups in total. The molecule has 0 atom stereocenters. The topological polar surface area (TPSA) is 75.5 Å². The van der Waals surface area contributed by atoms with Gasteiger partial charge < -0.3 is 14.5 Å². The molecule has 130 valence electrons. The number of rotatable bonds is 2. The van der Waals surface area contributed by atoms with Crippen LogP contribution in [0.4, 0.5) is 5.82 Å². The highest BCUT2D eigenvalue weighted by molar-refractivity contribution is 6.33. The first-order valence-electron chi connectivity index (χ1n) is 8.43. The molecule has 4 aromatic rings. The summed E-state index contributed by atoms with van der Waals surface area (Å²) in [6.07, 6.45) is 1.68. The molecule has 0 bridgehead atoms. The molecule has 1 aromatic carbocycles. The molecule has 0 saturated heterocycles. The van der Waals surface area contributed by atoms with Crippen molar-refractivity contribution in [1.82, 2.24) is 29.7 Å². The summed E-state index contributed by atoms with van der Waals surface area (Å²) in [5.74, 6) is 3.51. The summed E-state index contributed by atoms with van der Waals surface area (Å²) in [5, 5.41) is 8.99. The smallest absolute Gasteiger partial charge is 0.152 e. The van der Waals surface area contributed by atoms with E-state index in [1.54, 1.807) is 6.20 Å². The maximum Gasteiger partial charge on any atom is 0.152 e. The second-order valence-corrected chi connectivity index (χ2v) is 6.77. The molecule has 0 amide bonds. The Morgan fingerprint density at radius 3 is 2.92 bits per heavy atom. The number of aryl methyl sites for hydroxylation is 1. The van der Waals surface area contributed by atoms with Gasteiger partial charge in [0, 0.05) is 24.8 Å². The Morgan fingerprint density at radius 2 is 2.04 bits per heavy atom. The summed E-state index contributed by atoms with van der Waals surface area (Å²) in [7, 11) is 0. The Kier molecular flexibility index (Phi) is 3.43. The maximum absolute atomic E-state index is 6.41. The second kappa shape index (κ2) is 5.81. The summed E-state index contributed by atoms with van der Waals surface area (Å²) >= 11 is 6.41. The fourth-order valence-corrected chi connectivity index (χ4v) is 3.55. The highest BCUT2D eigenvalue weighted by Crippen LogP contribution is 2.31. The Hall–Kier alpha value is -2.93. The summed E-state index contributed by atoms with van der Waals surface area (Å²) < 4.78 is 2.15. The number of H-pyrrole nitrogens is 1. The summed E-state index contributed by atoms with van der Waals surface area (Å²) in [6.45, 7) is 4.35. The minimum Gasteiger partial charge on any atom is -0.347 e. The second-order valence-electron chi connectivity index (χ2n) is 6.36. The van der Waals surface area contributed by atoms with Gasteiger partial charge in [-0.25, -0.2) is 9.97 Å². The zero-order valence-electron chi connectivity index (χ0n) is 14.1. The van der Waals surface area contributed by atoms with Gasteiger partial charge in [0.05, 0.1) is 22.6 Å². The lowest BCUT2D eigenvalue weighted by Gasteiger charge is -2.28. The van der Waals surface area contributed by atoms with Crippen molar-refractivity contribution in [2.45, 2.75) is 20.0 Å². The van der Waals surface area contributed by atoms with Crippen molar-refractivity contribution >= 4 is 28.5 Å². The lowest BCUT2D eigenvalue weighted by atomic mass is 10.2. The average molecular weight is 366 g/mol. The Balaban J connectivity index is 1.53. The van der Waals surface area contributed by atoms with E-state index in [0.29, 0.717) is 11.6 Å². The third-order valence-corrected chi connectivity index (χ3v) is 5.05. The van der Waals surface area contributed by atoms with E-state index in [9.17, 15) is 0 Å². The summed E-state index contributed by atoms with van der Waals surface area (Å²) in [5.41, 5.74) is 2.74. The molecule has 0 fully saturated rings. The van der Waals surface area contributed by atoms with Crippen LogP contribution in [0.1, 0.15) is 11.6 Å². The number of halogens is 1. The Bertz CT molecular complexity index is 1080. The van der Waals surface area contributed by atoms with E-state index in [2.05, 4.69) is 34.6 Å². The van der Waals surface area contributed by atoms with E-state index in [0.717, 1.165) is 53.0 Å². The number of nitrogens with one attached hydrogen (secondary N) is 1. The first kappa shape index (κ1) is 15.3. The number of aromatic amines is 1. The maximum atomic E-state index is 6.41. The molecule has 26 heavy (non-hydrogen) atoms. The quantitative estimate of drug-likeness (QED) is 0.590. The number of fused-ring (bicyclic) bond motifs is 2. The van der Waals surface area contributed by atoms with Crippen molar-refractivity contribution in [3.63, 3.8) is 0 Å². The van der Waals surface area contributed by atoms with Gasteiger partial charge in [0.15, 0.2) is 5.82 Å². The van der Waals surface area contributed by atoms with Gasteiger partial charge in [0.25, 0.3) is 0 Å². The van der Waals surface area contributed by atoms with Crippen LogP contribution in [0.5, 0.6) is 0 Å². The third-order valence-electron chi connectivity index (χ3n) is 4.75. The van der Waals surface area contributed by atoms with Gasteiger partial charge in [-0.05, 0) is 25.1 Å². The van der Waals surface area contributed by atoms with Crippen molar-refractivity contribution in [2.24, 2.45) is 0 Å². The molecular formula is C18H16ClN7. The molecule has 8 heteroatoms. The van der Waals surface area contributed by atoms with Gasteiger partial charge in [-0.15, -0.1) is 10.2 Å². The van der Waals surface area contributed by atoms with Crippen molar-refractivity contribution in [3.05, 3.63) is 53.2 Å². The SMILES string of the molecule is Cc1nnc2n1CCN(c1cc(-c3nc4ccccc4[nH]3)c(Cl)cn1)C2. The fourth-order valence-electron chi connectivity index (χ4n) is 3.36. The highest BCUT2D eigenvalue weighted by atomic mass is 35.5. The van der Waals surface area contributed by atoms with Gasteiger partial charge in [-0.3, -0.25) is 0 Å². The van der Waals surface area contributed by atoms with Crippen LogP contribution in [-0.2, 0) is 13.1 Å². The minimum atomic E-state index is 0.573. The average Bonchev–Trinajstić information content (AvgIpc) is 3.25. The molecule has 1 aliphatic heterocycles. The number of hydrogen-bond acceptors (Lipinski definition) is 5. The van der Waals surface area contributed by atoms with E-state index in [4.69, 9.17) is 11.6 Å². The first-order chi connectivity index (χ1) is 12.7. The van der Waals surface area contributed by atoms with Gasteiger partial charge in [0.2, 0.25) is 0 Å². The molecule has 0 aliphatic carbocycles. The minimum absolute atomic E-state index is 0.573. The first-order valence-corrected chi connectivity index (χ1v) is 8.81. The number of nitrogens with zero attached hydrogens (tertiary/aromatic N) is 6. The molecule has 7 nitrogen and oxygen atoms in total. The zero-order chi connectivity index (χ0) is 17.7. The van der Waals surface area contributed by atoms with Crippen LogP contribution in [0.25, 0.3) is 22.4 Å². The van der Waals surface area contributed by atoms with Crippen LogP contribution in [0.2, 0.25) is 5.02 Å². The summed E-state index contributed by atoms with van der Waals surface area (Å²) in [4.78, 5) is 14.7. The van der Waals surface area contributed by atoms with Crippen molar-refractivity contribution in [2.75, 3.05) is 11.4 Å². The molecule has 4 heterocycles. The predicted molar refractivity (Wildman–Crippen MR) is 100 cm³/mol. The lowest BCUT2D eigenvalue weighted by Crippen LogP contribution is -2.34. The van der Waals surface area contributed by atoms with E-state index < -0.39 is 0 Å².